The van der Waals surface area contributed by atoms with E-state index >= 15 is 0 Å². The fraction of sp³-hybridized carbons (Fsp3) is 0.0769. The molecule has 0 saturated heterocycles. The maximum atomic E-state index is 11.4. The second kappa shape index (κ2) is 5.55. The number of hydrogen-bond acceptors (Lipinski definition) is 5. The Kier molecular flexibility index (Phi) is 3.82. The Balaban J connectivity index is 2.44. The van der Waals surface area contributed by atoms with Crippen LogP contribution in [-0.4, -0.2) is 18.1 Å². The quantitative estimate of drug-likeness (QED) is 0.456. The van der Waals surface area contributed by atoms with Crippen molar-refractivity contribution in [1.82, 2.24) is 4.98 Å². The smallest absolute Gasteiger partial charge is 0.352 e. The highest BCUT2D eigenvalue weighted by molar-refractivity contribution is 6.30. The van der Waals surface area contributed by atoms with Crippen molar-refractivity contribution in [2.75, 3.05) is 12.4 Å². The highest BCUT2D eigenvalue weighted by Gasteiger charge is 2.15. The van der Waals surface area contributed by atoms with Crippen molar-refractivity contribution in [3.63, 3.8) is 0 Å². The van der Waals surface area contributed by atoms with Crippen LogP contribution in [0.2, 0.25) is 5.15 Å². The number of anilines is 1. The number of hydrogen-bond donors (Lipinski definition) is 3. The molecule has 0 fully saturated rings. The van der Waals surface area contributed by atoms with Crippen LogP contribution in [0.4, 0.5) is 5.69 Å². The normalized spacial score (nSPS) is 11.7. The molecular formula is C13H11ClN4O2. The number of ether oxygens (including phenoxy) is 1. The molecule has 0 bridgehead atoms. The Bertz CT molecular complexity index is 742. The summed E-state index contributed by atoms with van der Waals surface area (Å²) in [6, 6.07) is 8.88. The Morgan fingerprint density at radius 3 is 2.95 bits per heavy atom. The van der Waals surface area contributed by atoms with Gasteiger partial charge in [0.15, 0.2) is 5.57 Å². The Morgan fingerprint density at radius 2 is 2.30 bits per heavy atom. The van der Waals surface area contributed by atoms with Gasteiger partial charge < -0.3 is 20.8 Å². The van der Waals surface area contributed by atoms with Crippen molar-refractivity contribution in [3.05, 3.63) is 40.8 Å². The number of rotatable bonds is 3. The number of fused-ring (bicyclic) bond motifs is 1. The lowest BCUT2D eigenvalue weighted by Gasteiger charge is -2.09. The van der Waals surface area contributed by atoms with Crippen LogP contribution in [0.15, 0.2) is 35.7 Å². The fourth-order valence-corrected chi connectivity index (χ4v) is 1.96. The van der Waals surface area contributed by atoms with E-state index in [1.54, 1.807) is 24.3 Å². The third-order valence-electron chi connectivity index (χ3n) is 2.66. The number of halogens is 1. The van der Waals surface area contributed by atoms with E-state index in [1.165, 1.54) is 7.11 Å². The van der Waals surface area contributed by atoms with E-state index in [9.17, 15) is 4.79 Å². The first-order valence-electron chi connectivity index (χ1n) is 5.59. The molecule has 6 nitrogen and oxygen atoms in total. The molecule has 7 heteroatoms. The lowest BCUT2D eigenvalue weighted by molar-refractivity contribution is -0.135. The molecule has 20 heavy (non-hydrogen) atoms. The minimum Gasteiger partial charge on any atom is -0.465 e. The summed E-state index contributed by atoms with van der Waals surface area (Å²) in [5.74, 6) is -0.883. The summed E-state index contributed by atoms with van der Waals surface area (Å²) in [6.45, 7) is 0. The van der Waals surface area contributed by atoms with Gasteiger partial charge in [-0.25, -0.2) is 4.79 Å². The Hall–Kier alpha value is -2.65. The minimum atomic E-state index is -0.797. The van der Waals surface area contributed by atoms with Crippen LogP contribution < -0.4 is 11.1 Å². The molecule has 1 aromatic carbocycles. The number of benzene rings is 1. The van der Waals surface area contributed by atoms with Crippen LogP contribution in [-0.2, 0) is 9.53 Å². The largest absolute Gasteiger partial charge is 0.465 e. The van der Waals surface area contributed by atoms with Crippen molar-refractivity contribution in [2.45, 2.75) is 0 Å². The second-order valence-corrected chi connectivity index (χ2v) is 4.31. The van der Waals surface area contributed by atoms with Crippen LogP contribution in [0, 0.1) is 11.3 Å². The van der Waals surface area contributed by atoms with Crippen LogP contribution in [0.5, 0.6) is 0 Å². The third-order valence-corrected chi connectivity index (χ3v) is 2.87. The Morgan fingerprint density at radius 1 is 1.55 bits per heavy atom. The highest BCUT2D eigenvalue weighted by Crippen LogP contribution is 2.26. The number of carbonyl (C=O) groups excluding carboxylic acids is 1. The van der Waals surface area contributed by atoms with Gasteiger partial charge in [0.2, 0.25) is 0 Å². The number of carbonyl (C=O) groups is 1. The number of nitriles is 1. The molecule has 0 amide bonds. The summed E-state index contributed by atoms with van der Waals surface area (Å²) in [4.78, 5) is 14.3. The van der Waals surface area contributed by atoms with Crippen LogP contribution in [0.1, 0.15) is 0 Å². The molecule has 0 atom stereocenters. The predicted molar refractivity (Wildman–Crippen MR) is 75.8 cm³/mol. The molecule has 0 saturated carbocycles. The zero-order valence-electron chi connectivity index (χ0n) is 10.5. The summed E-state index contributed by atoms with van der Waals surface area (Å²) < 4.78 is 4.49. The fourth-order valence-electron chi connectivity index (χ4n) is 1.75. The third kappa shape index (κ3) is 2.53. The molecule has 1 aromatic heterocycles. The van der Waals surface area contributed by atoms with Gasteiger partial charge in [-0.2, -0.15) is 5.26 Å². The number of H-pyrrole nitrogens is 1. The predicted octanol–water partition coefficient (Wildman–Crippen LogP) is 2.10. The molecule has 102 valence electrons. The average molecular weight is 291 g/mol. The number of nitrogens with two attached hydrogens (primary N) is 1. The van der Waals surface area contributed by atoms with E-state index in [1.807, 2.05) is 6.07 Å². The molecule has 1 heterocycles. The van der Waals surface area contributed by atoms with E-state index < -0.39 is 5.97 Å². The van der Waals surface area contributed by atoms with Crippen LogP contribution in [0.25, 0.3) is 10.9 Å². The monoisotopic (exact) mass is 290 g/mol. The van der Waals surface area contributed by atoms with Gasteiger partial charge in [0.25, 0.3) is 0 Å². The lowest BCUT2D eigenvalue weighted by atomic mass is 10.2. The molecule has 0 aliphatic carbocycles. The topological polar surface area (TPSA) is 104 Å². The zero-order valence-corrected chi connectivity index (χ0v) is 11.3. The number of nitrogens with zero attached hydrogens (tertiary/aromatic N) is 1. The van der Waals surface area contributed by atoms with Gasteiger partial charge in [-0.3, -0.25) is 0 Å². The average Bonchev–Trinajstić information content (AvgIpc) is 2.80. The van der Waals surface area contributed by atoms with E-state index in [-0.39, 0.29) is 11.4 Å². The van der Waals surface area contributed by atoms with Crippen molar-refractivity contribution in [1.29, 1.82) is 5.26 Å². The van der Waals surface area contributed by atoms with Crippen molar-refractivity contribution in [2.24, 2.45) is 5.73 Å². The number of para-hydroxylation sites is 1. The molecule has 0 unspecified atom stereocenters. The summed E-state index contributed by atoms with van der Waals surface area (Å²) in [5.41, 5.74) is 6.77. The van der Waals surface area contributed by atoms with Crippen molar-refractivity contribution < 1.29 is 9.53 Å². The van der Waals surface area contributed by atoms with Gasteiger partial charge in [0.1, 0.15) is 17.0 Å². The van der Waals surface area contributed by atoms with Gasteiger partial charge in [-0.1, -0.05) is 23.7 Å². The van der Waals surface area contributed by atoms with Gasteiger partial charge in [-0.15, -0.1) is 0 Å². The molecule has 2 rings (SSSR count). The first-order chi connectivity index (χ1) is 9.56. The summed E-state index contributed by atoms with van der Waals surface area (Å²) in [6.07, 6.45) is 0. The van der Waals surface area contributed by atoms with E-state index in [0.29, 0.717) is 10.8 Å². The number of nitrogens with one attached hydrogen (secondary N) is 2. The van der Waals surface area contributed by atoms with Crippen molar-refractivity contribution >= 4 is 34.2 Å². The molecule has 4 N–H and O–H groups in total. The minimum absolute atomic E-state index is 0.0856. The summed E-state index contributed by atoms with van der Waals surface area (Å²) in [7, 11) is 1.18. The van der Waals surface area contributed by atoms with E-state index in [0.717, 1.165) is 10.9 Å². The van der Waals surface area contributed by atoms with E-state index in [2.05, 4.69) is 15.0 Å². The second-order valence-electron chi connectivity index (χ2n) is 3.90. The number of esters is 1. The van der Waals surface area contributed by atoms with E-state index in [4.69, 9.17) is 22.6 Å². The SMILES string of the molecule is COC(=O)/C(C#N)=C(/N)Nc1cccc2cc(Cl)[nH]c12. The maximum Gasteiger partial charge on any atom is 0.352 e. The van der Waals surface area contributed by atoms with Gasteiger partial charge in [-0.05, 0) is 12.1 Å². The number of aromatic amines is 1. The summed E-state index contributed by atoms with van der Waals surface area (Å²) in [5, 5.41) is 13.1. The highest BCUT2D eigenvalue weighted by atomic mass is 35.5. The zero-order chi connectivity index (χ0) is 14.7. The molecular weight excluding hydrogens is 280 g/mol. The number of aromatic nitrogens is 1. The van der Waals surface area contributed by atoms with Gasteiger partial charge in [0.05, 0.1) is 18.3 Å². The summed E-state index contributed by atoms with van der Waals surface area (Å²) >= 11 is 5.90. The lowest BCUT2D eigenvalue weighted by Crippen LogP contribution is -2.17. The number of methoxy groups -OCH3 is 1. The molecule has 0 aliphatic rings. The van der Waals surface area contributed by atoms with Crippen molar-refractivity contribution in [3.8, 4) is 6.07 Å². The van der Waals surface area contributed by atoms with Gasteiger partial charge >= 0.3 is 5.97 Å². The van der Waals surface area contributed by atoms with Crippen LogP contribution >= 0.6 is 11.6 Å². The molecule has 0 aliphatic heterocycles. The maximum absolute atomic E-state index is 11.4. The van der Waals surface area contributed by atoms with Crippen LogP contribution in [0.3, 0.4) is 0 Å². The van der Waals surface area contributed by atoms with Gasteiger partial charge in [0, 0.05) is 5.39 Å². The first-order valence-corrected chi connectivity index (χ1v) is 5.97. The molecule has 0 radical (unpaired) electrons. The standard InChI is InChI=1S/C13H11ClN4O2/c1-20-13(19)8(6-15)12(16)17-9-4-2-3-7-5-10(14)18-11(7)9/h2-5,17-18H,16H2,1H3/b12-8-. The first kappa shape index (κ1) is 13.8. The molecule has 2 aromatic rings. The molecule has 0 spiro atoms. The Labute approximate surface area is 119 Å².